The van der Waals surface area contributed by atoms with E-state index in [9.17, 15) is 0 Å². The molecule has 1 unspecified atom stereocenters. The van der Waals surface area contributed by atoms with E-state index in [1.54, 1.807) is 7.11 Å². The molecule has 5 nitrogen and oxygen atoms in total. The Bertz CT molecular complexity index is 257. The number of H-pyrrole nitrogens is 1. The molecule has 0 aliphatic heterocycles. The van der Waals surface area contributed by atoms with Gasteiger partial charge in [0.05, 0.1) is 6.10 Å². The van der Waals surface area contributed by atoms with Crippen LogP contribution in [0.3, 0.4) is 0 Å². The molecule has 0 fully saturated rings. The van der Waals surface area contributed by atoms with E-state index in [0.717, 1.165) is 24.5 Å². The van der Waals surface area contributed by atoms with E-state index in [4.69, 9.17) is 10.5 Å². The zero-order valence-corrected chi connectivity index (χ0v) is 8.79. The van der Waals surface area contributed by atoms with E-state index in [0.29, 0.717) is 13.0 Å². The van der Waals surface area contributed by atoms with Crippen molar-refractivity contribution in [1.82, 2.24) is 15.2 Å². The van der Waals surface area contributed by atoms with Gasteiger partial charge in [0.25, 0.3) is 0 Å². The lowest BCUT2D eigenvalue weighted by Gasteiger charge is -2.09. The number of nitrogens with one attached hydrogen (secondary N) is 1. The minimum Gasteiger partial charge on any atom is -0.380 e. The van der Waals surface area contributed by atoms with Crippen LogP contribution in [0.5, 0.6) is 0 Å². The number of hydrogen-bond donors (Lipinski definition) is 2. The van der Waals surface area contributed by atoms with E-state index >= 15 is 0 Å². The highest BCUT2D eigenvalue weighted by Crippen LogP contribution is 2.01. The molecule has 0 saturated carbocycles. The Morgan fingerprint density at radius 1 is 1.57 bits per heavy atom. The second-order valence-corrected chi connectivity index (χ2v) is 3.25. The molecule has 1 atom stereocenters. The summed E-state index contributed by atoms with van der Waals surface area (Å²) in [5.41, 5.74) is 5.51. The first kappa shape index (κ1) is 11.1. The number of methoxy groups -OCH3 is 1. The number of aromatic amines is 1. The van der Waals surface area contributed by atoms with E-state index in [1.165, 1.54) is 0 Å². The van der Waals surface area contributed by atoms with Crippen LogP contribution in [0.15, 0.2) is 0 Å². The van der Waals surface area contributed by atoms with E-state index in [-0.39, 0.29) is 6.10 Å². The smallest absolute Gasteiger partial charge is 0.150 e. The molecule has 80 valence electrons. The first-order chi connectivity index (χ1) is 6.80. The highest BCUT2D eigenvalue weighted by atomic mass is 16.5. The van der Waals surface area contributed by atoms with Gasteiger partial charge < -0.3 is 10.5 Å². The Kier molecular flexibility index (Phi) is 4.55. The fraction of sp³-hybridized carbons (Fsp3) is 0.778. The van der Waals surface area contributed by atoms with Crippen molar-refractivity contribution in [2.24, 2.45) is 5.73 Å². The Morgan fingerprint density at radius 3 is 2.93 bits per heavy atom. The normalized spacial score (nSPS) is 13.1. The predicted octanol–water partition coefficient (Wildman–Crippen LogP) is 0.273. The third-order valence-corrected chi connectivity index (χ3v) is 2.07. The quantitative estimate of drug-likeness (QED) is 0.688. The summed E-state index contributed by atoms with van der Waals surface area (Å²) < 4.78 is 5.16. The standard InChI is InChI=1S/C9H18N4O/c1-3-4-8-11-9(13-12-8)5-7(6-10)14-2/h7H,3-6,10H2,1-2H3,(H,11,12,13). The summed E-state index contributed by atoms with van der Waals surface area (Å²) in [5, 5.41) is 6.99. The molecule has 3 N–H and O–H groups in total. The third kappa shape index (κ3) is 3.08. The predicted molar refractivity (Wildman–Crippen MR) is 53.9 cm³/mol. The van der Waals surface area contributed by atoms with Crippen LogP contribution in [0.1, 0.15) is 25.0 Å². The molecule has 0 aliphatic rings. The Balaban J connectivity index is 2.49. The number of aryl methyl sites for hydroxylation is 1. The lowest BCUT2D eigenvalue weighted by molar-refractivity contribution is 0.108. The first-order valence-corrected chi connectivity index (χ1v) is 4.93. The average molecular weight is 198 g/mol. The summed E-state index contributed by atoms with van der Waals surface area (Å²) in [6, 6.07) is 0. The van der Waals surface area contributed by atoms with Gasteiger partial charge in [-0.1, -0.05) is 6.92 Å². The molecule has 1 heterocycles. The van der Waals surface area contributed by atoms with Crippen molar-refractivity contribution in [3.8, 4) is 0 Å². The topological polar surface area (TPSA) is 76.8 Å². The monoisotopic (exact) mass is 198 g/mol. The molecule has 0 aromatic carbocycles. The number of hydrogen-bond acceptors (Lipinski definition) is 4. The molecular weight excluding hydrogens is 180 g/mol. The molecule has 14 heavy (non-hydrogen) atoms. The van der Waals surface area contributed by atoms with Gasteiger partial charge >= 0.3 is 0 Å². The second kappa shape index (κ2) is 5.72. The maximum absolute atomic E-state index is 5.51. The van der Waals surface area contributed by atoms with Gasteiger partial charge in [-0.2, -0.15) is 5.10 Å². The lowest BCUT2D eigenvalue weighted by Crippen LogP contribution is -2.25. The van der Waals surface area contributed by atoms with Crippen LogP contribution in [-0.2, 0) is 17.6 Å². The second-order valence-electron chi connectivity index (χ2n) is 3.25. The number of aromatic nitrogens is 3. The zero-order chi connectivity index (χ0) is 10.4. The molecular formula is C9H18N4O. The number of nitrogens with two attached hydrogens (primary N) is 1. The summed E-state index contributed by atoms with van der Waals surface area (Å²) in [6.07, 6.45) is 2.69. The maximum Gasteiger partial charge on any atom is 0.150 e. The van der Waals surface area contributed by atoms with Gasteiger partial charge in [0.15, 0.2) is 5.82 Å². The average Bonchev–Trinajstić information content (AvgIpc) is 2.63. The SMILES string of the molecule is CCCc1n[nH]c(CC(CN)OC)n1. The first-order valence-electron chi connectivity index (χ1n) is 4.93. The molecule has 1 rings (SSSR count). The maximum atomic E-state index is 5.51. The van der Waals surface area contributed by atoms with Gasteiger partial charge in [0.1, 0.15) is 5.82 Å². The van der Waals surface area contributed by atoms with Crippen LogP contribution in [-0.4, -0.2) is 34.9 Å². The Labute approximate surface area is 84.1 Å². The fourth-order valence-corrected chi connectivity index (χ4v) is 1.24. The van der Waals surface area contributed by atoms with Gasteiger partial charge in [-0.05, 0) is 6.42 Å². The highest BCUT2D eigenvalue weighted by molar-refractivity contribution is 4.92. The molecule has 5 heteroatoms. The van der Waals surface area contributed by atoms with Crippen LogP contribution in [0, 0.1) is 0 Å². The van der Waals surface area contributed by atoms with Crippen LogP contribution < -0.4 is 5.73 Å². The van der Waals surface area contributed by atoms with Crippen molar-refractivity contribution >= 4 is 0 Å². The summed E-state index contributed by atoms with van der Waals surface area (Å²) in [7, 11) is 1.65. The van der Waals surface area contributed by atoms with Crippen molar-refractivity contribution in [3.63, 3.8) is 0 Å². The minimum atomic E-state index is 0.0254. The van der Waals surface area contributed by atoms with Gasteiger partial charge in [0.2, 0.25) is 0 Å². The number of rotatable bonds is 6. The zero-order valence-electron chi connectivity index (χ0n) is 8.79. The van der Waals surface area contributed by atoms with Crippen LogP contribution in [0.4, 0.5) is 0 Å². The van der Waals surface area contributed by atoms with E-state index in [2.05, 4.69) is 22.1 Å². The van der Waals surface area contributed by atoms with Crippen molar-refractivity contribution in [1.29, 1.82) is 0 Å². The van der Waals surface area contributed by atoms with Crippen molar-refractivity contribution in [2.45, 2.75) is 32.3 Å². The fourth-order valence-electron chi connectivity index (χ4n) is 1.24. The largest absolute Gasteiger partial charge is 0.380 e. The number of ether oxygens (including phenoxy) is 1. The lowest BCUT2D eigenvalue weighted by atomic mass is 10.2. The molecule has 0 radical (unpaired) electrons. The van der Waals surface area contributed by atoms with Gasteiger partial charge in [-0.3, -0.25) is 5.10 Å². The Hall–Kier alpha value is -0.940. The Morgan fingerprint density at radius 2 is 2.36 bits per heavy atom. The summed E-state index contributed by atoms with van der Waals surface area (Å²) in [5.74, 6) is 1.72. The molecule has 1 aromatic heterocycles. The van der Waals surface area contributed by atoms with Crippen molar-refractivity contribution < 1.29 is 4.74 Å². The molecule has 0 bridgehead atoms. The molecule has 0 saturated heterocycles. The molecule has 0 amide bonds. The van der Waals surface area contributed by atoms with Crippen LogP contribution >= 0.6 is 0 Å². The van der Waals surface area contributed by atoms with Crippen molar-refractivity contribution in [2.75, 3.05) is 13.7 Å². The molecule has 0 aliphatic carbocycles. The minimum absolute atomic E-state index is 0.0254. The van der Waals surface area contributed by atoms with Crippen molar-refractivity contribution in [3.05, 3.63) is 11.6 Å². The summed E-state index contributed by atoms with van der Waals surface area (Å²) in [4.78, 5) is 4.33. The number of nitrogens with zero attached hydrogens (tertiary/aromatic N) is 2. The van der Waals surface area contributed by atoms with Crippen LogP contribution in [0.2, 0.25) is 0 Å². The van der Waals surface area contributed by atoms with E-state index < -0.39 is 0 Å². The van der Waals surface area contributed by atoms with E-state index in [1.807, 2.05) is 0 Å². The molecule has 0 spiro atoms. The highest BCUT2D eigenvalue weighted by Gasteiger charge is 2.09. The van der Waals surface area contributed by atoms with Gasteiger partial charge in [-0.25, -0.2) is 4.98 Å². The van der Waals surface area contributed by atoms with Crippen LogP contribution in [0.25, 0.3) is 0 Å². The third-order valence-electron chi connectivity index (χ3n) is 2.07. The van der Waals surface area contributed by atoms with Gasteiger partial charge in [0, 0.05) is 26.5 Å². The summed E-state index contributed by atoms with van der Waals surface area (Å²) >= 11 is 0. The van der Waals surface area contributed by atoms with Gasteiger partial charge in [-0.15, -0.1) is 0 Å². The summed E-state index contributed by atoms with van der Waals surface area (Å²) in [6.45, 7) is 2.61. The molecule has 1 aromatic rings.